The Morgan fingerprint density at radius 3 is 2.59 bits per heavy atom. The summed E-state index contributed by atoms with van der Waals surface area (Å²) in [7, 11) is 0. The van der Waals surface area contributed by atoms with Gasteiger partial charge in [-0.3, -0.25) is 4.79 Å². The molecule has 0 aliphatic heterocycles. The minimum Gasteiger partial charge on any atom is -0.350 e. The van der Waals surface area contributed by atoms with Crippen LogP contribution in [0.4, 0.5) is 4.39 Å². The van der Waals surface area contributed by atoms with Crippen molar-refractivity contribution >= 4 is 5.91 Å². The molecule has 0 saturated carbocycles. The van der Waals surface area contributed by atoms with E-state index in [1.165, 1.54) is 12.1 Å². The van der Waals surface area contributed by atoms with E-state index in [1.807, 2.05) is 13.8 Å². The van der Waals surface area contributed by atoms with E-state index in [0.717, 1.165) is 12.1 Å². The zero-order valence-corrected chi connectivity index (χ0v) is 10.3. The van der Waals surface area contributed by atoms with E-state index in [2.05, 4.69) is 10.6 Å². The van der Waals surface area contributed by atoms with Crippen LogP contribution in [0.1, 0.15) is 31.9 Å². The van der Waals surface area contributed by atoms with E-state index in [0.29, 0.717) is 13.0 Å². The number of hydrogen-bond acceptors (Lipinski definition) is 2. The largest absolute Gasteiger partial charge is 0.350 e. The van der Waals surface area contributed by atoms with E-state index < -0.39 is 0 Å². The molecule has 17 heavy (non-hydrogen) atoms. The molecule has 3 nitrogen and oxygen atoms in total. The number of nitrogens with one attached hydrogen (secondary N) is 2. The van der Waals surface area contributed by atoms with E-state index in [-0.39, 0.29) is 17.8 Å². The molecule has 0 heterocycles. The molecule has 0 radical (unpaired) electrons. The number of carbonyl (C=O) groups is 1. The van der Waals surface area contributed by atoms with Gasteiger partial charge in [-0.15, -0.1) is 0 Å². The summed E-state index contributed by atoms with van der Waals surface area (Å²) in [6, 6.07) is 6.08. The van der Waals surface area contributed by atoms with Crippen LogP contribution in [0.3, 0.4) is 0 Å². The summed E-state index contributed by atoms with van der Waals surface area (Å²) in [5, 5.41) is 5.96. The van der Waals surface area contributed by atoms with E-state index in [4.69, 9.17) is 0 Å². The molecular formula is C13H19FN2O. The predicted molar refractivity (Wildman–Crippen MR) is 66.1 cm³/mol. The fraction of sp³-hybridized carbons (Fsp3) is 0.462. The van der Waals surface area contributed by atoms with Crippen molar-refractivity contribution in [1.29, 1.82) is 0 Å². The molecule has 0 aliphatic carbocycles. The molecule has 0 unspecified atom stereocenters. The quantitative estimate of drug-likeness (QED) is 0.744. The normalized spacial score (nSPS) is 12.2. The molecule has 2 N–H and O–H groups in total. The third kappa shape index (κ3) is 4.95. The lowest BCUT2D eigenvalue weighted by atomic mass is 10.1. The first-order chi connectivity index (χ1) is 8.13. The Morgan fingerprint density at radius 2 is 2.00 bits per heavy atom. The highest BCUT2D eigenvalue weighted by Gasteiger charge is 2.08. The fourth-order valence-corrected chi connectivity index (χ4v) is 1.53. The molecule has 0 bridgehead atoms. The zero-order valence-electron chi connectivity index (χ0n) is 10.3. The molecule has 0 fully saturated rings. The highest BCUT2D eigenvalue weighted by Crippen LogP contribution is 2.12. The Labute approximate surface area is 101 Å². The smallest absolute Gasteiger partial charge is 0.221 e. The minimum absolute atomic E-state index is 0.00257. The van der Waals surface area contributed by atoms with E-state index in [1.54, 1.807) is 12.1 Å². The van der Waals surface area contributed by atoms with Gasteiger partial charge in [0.05, 0.1) is 6.04 Å². The molecule has 4 heteroatoms. The lowest BCUT2D eigenvalue weighted by Gasteiger charge is -2.14. The average Bonchev–Trinajstić information content (AvgIpc) is 2.30. The van der Waals surface area contributed by atoms with Crippen LogP contribution in [0.25, 0.3) is 0 Å². The Kier molecular flexibility index (Phi) is 5.63. The third-order valence-electron chi connectivity index (χ3n) is 2.53. The molecule has 1 amide bonds. The SMILES string of the molecule is CCNCCC(=O)N[C@H](C)c1ccc(F)cc1. The highest BCUT2D eigenvalue weighted by atomic mass is 19.1. The average molecular weight is 238 g/mol. The van der Waals surface area contributed by atoms with Gasteiger partial charge in [-0.2, -0.15) is 0 Å². The van der Waals surface area contributed by atoms with Crippen LogP contribution in [-0.2, 0) is 4.79 Å². The summed E-state index contributed by atoms with van der Waals surface area (Å²) in [6.45, 7) is 5.43. The van der Waals surface area contributed by atoms with Crippen LogP contribution in [0, 0.1) is 5.82 Å². The van der Waals surface area contributed by atoms with Crippen molar-refractivity contribution in [3.8, 4) is 0 Å². The van der Waals surface area contributed by atoms with Crippen molar-refractivity contribution in [2.45, 2.75) is 26.3 Å². The Morgan fingerprint density at radius 1 is 1.35 bits per heavy atom. The second-order valence-electron chi connectivity index (χ2n) is 3.94. The second-order valence-corrected chi connectivity index (χ2v) is 3.94. The van der Waals surface area contributed by atoms with Gasteiger partial charge in [0.25, 0.3) is 0 Å². The van der Waals surface area contributed by atoms with Crippen molar-refractivity contribution in [2.75, 3.05) is 13.1 Å². The second kappa shape index (κ2) is 7.01. The first-order valence-electron chi connectivity index (χ1n) is 5.89. The number of amides is 1. The molecule has 0 aliphatic rings. The van der Waals surface area contributed by atoms with Gasteiger partial charge >= 0.3 is 0 Å². The summed E-state index contributed by atoms with van der Waals surface area (Å²) < 4.78 is 12.7. The summed E-state index contributed by atoms with van der Waals surface area (Å²) in [5.74, 6) is -0.262. The van der Waals surface area contributed by atoms with Crippen molar-refractivity contribution in [3.05, 3.63) is 35.6 Å². The van der Waals surface area contributed by atoms with E-state index >= 15 is 0 Å². The number of hydrogen-bond donors (Lipinski definition) is 2. The van der Waals surface area contributed by atoms with Crippen LogP contribution < -0.4 is 10.6 Å². The van der Waals surface area contributed by atoms with Gasteiger partial charge in [0.2, 0.25) is 5.91 Å². The highest BCUT2D eigenvalue weighted by molar-refractivity contribution is 5.76. The van der Waals surface area contributed by atoms with Gasteiger partial charge in [-0.25, -0.2) is 4.39 Å². The maximum absolute atomic E-state index is 12.7. The first kappa shape index (κ1) is 13.6. The van der Waals surface area contributed by atoms with Gasteiger partial charge in [0.1, 0.15) is 5.82 Å². The number of benzene rings is 1. The maximum atomic E-state index is 12.7. The lowest BCUT2D eigenvalue weighted by molar-refractivity contribution is -0.121. The van der Waals surface area contributed by atoms with Crippen LogP contribution >= 0.6 is 0 Å². The molecule has 0 aromatic heterocycles. The monoisotopic (exact) mass is 238 g/mol. The van der Waals surface area contributed by atoms with Gasteiger partial charge in [0, 0.05) is 13.0 Å². The lowest BCUT2D eigenvalue weighted by Crippen LogP contribution is -2.29. The van der Waals surface area contributed by atoms with E-state index in [9.17, 15) is 9.18 Å². The van der Waals surface area contributed by atoms with Crippen molar-refractivity contribution in [2.24, 2.45) is 0 Å². The Bertz CT molecular complexity index is 351. The van der Waals surface area contributed by atoms with Crippen molar-refractivity contribution < 1.29 is 9.18 Å². The number of halogens is 1. The third-order valence-corrected chi connectivity index (χ3v) is 2.53. The Balaban J connectivity index is 2.40. The number of carbonyl (C=O) groups excluding carboxylic acids is 1. The van der Waals surface area contributed by atoms with Crippen LogP contribution in [0.15, 0.2) is 24.3 Å². The van der Waals surface area contributed by atoms with Gasteiger partial charge in [-0.1, -0.05) is 19.1 Å². The van der Waals surface area contributed by atoms with Crippen LogP contribution in [0.2, 0.25) is 0 Å². The van der Waals surface area contributed by atoms with Crippen molar-refractivity contribution in [1.82, 2.24) is 10.6 Å². The summed E-state index contributed by atoms with van der Waals surface area (Å²) >= 11 is 0. The van der Waals surface area contributed by atoms with Gasteiger partial charge in [-0.05, 0) is 31.2 Å². The summed E-state index contributed by atoms with van der Waals surface area (Å²) in [5.41, 5.74) is 0.906. The fourth-order valence-electron chi connectivity index (χ4n) is 1.53. The number of rotatable bonds is 6. The van der Waals surface area contributed by atoms with Crippen molar-refractivity contribution in [3.63, 3.8) is 0 Å². The van der Waals surface area contributed by atoms with Gasteiger partial charge in [0.15, 0.2) is 0 Å². The molecule has 0 saturated heterocycles. The standard InChI is InChI=1S/C13H19FN2O/c1-3-15-9-8-13(17)16-10(2)11-4-6-12(14)7-5-11/h4-7,10,15H,3,8-9H2,1-2H3,(H,16,17)/t10-/m1/s1. The van der Waals surface area contributed by atoms with Gasteiger partial charge < -0.3 is 10.6 Å². The summed E-state index contributed by atoms with van der Waals surface area (Å²) in [6.07, 6.45) is 0.458. The topological polar surface area (TPSA) is 41.1 Å². The molecule has 1 rings (SSSR count). The molecule has 1 aromatic rings. The first-order valence-corrected chi connectivity index (χ1v) is 5.89. The maximum Gasteiger partial charge on any atom is 0.221 e. The summed E-state index contributed by atoms with van der Waals surface area (Å²) in [4.78, 5) is 11.5. The predicted octanol–water partition coefficient (Wildman–Crippen LogP) is 2.00. The Hall–Kier alpha value is -1.42. The molecule has 94 valence electrons. The molecular weight excluding hydrogens is 219 g/mol. The minimum atomic E-state index is -0.264. The molecule has 1 atom stereocenters. The molecule has 1 aromatic carbocycles. The molecule has 0 spiro atoms. The van der Waals surface area contributed by atoms with Crippen LogP contribution in [0.5, 0.6) is 0 Å². The van der Waals surface area contributed by atoms with Crippen LogP contribution in [-0.4, -0.2) is 19.0 Å². The zero-order chi connectivity index (χ0) is 12.7.